The van der Waals surface area contributed by atoms with E-state index in [1.807, 2.05) is 31.2 Å². The maximum atomic E-state index is 5.57. The van der Waals surface area contributed by atoms with Gasteiger partial charge in [0.2, 0.25) is 0 Å². The first-order valence-corrected chi connectivity index (χ1v) is 4.66. The van der Waals surface area contributed by atoms with Crippen LogP contribution in [-0.2, 0) is 10.4 Å². The third-order valence-electron chi connectivity index (χ3n) is 2.63. The highest BCUT2D eigenvalue weighted by molar-refractivity contribution is 5.45. The summed E-state index contributed by atoms with van der Waals surface area (Å²) in [6.07, 6.45) is 2.07. The molecule has 0 aromatic heterocycles. The summed E-state index contributed by atoms with van der Waals surface area (Å²) in [7, 11) is 0. The highest BCUT2D eigenvalue weighted by Gasteiger charge is 2.43. The summed E-state index contributed by atoms with van der Waals surface area (Å²) in [5, 5.41) is 0. The molecule has 1 N–H and O–H groups in total. The Balaban J connectivity index is 2.14. The summed E-state index contributed by atoms with van der Waals surface area (Å²) >= 11 is 0. The van der Waals surface area contributed by atoms with Crippen LogP contribution >= 0.6 is 0 Å². The number of hydroxylamine groups is 1. The largest absolute Gasteiger partial charge is 0.489 e. The van der Waals surface area contributed by atoms with E-state index in [-0.39, 0.29) is 0 Å². The van der Waals surface area contributed by atoms with Crippen LogP contribution in [0, 0.1) is 0 Å². The Morgan fingerprint density at radius 1 is 1.36 bits per heavy atom. The zero-order chi connectivity index (χ0) is 9.60. The minimum atomic E-state index is -0.402. The van der Waals surface area contributed by atoms with Crippen LogP contribution in [0.1, 0.15) is 12.5 Å². The van der Waals surface area contributed by atoms with Crippen molar-refractivity contribution >= 4 is 0 Å². The summed E-state index contributed by atoms with van der Waals surface area (Å²) in [6.45, 7) is 2.53. The van der Waals surface area contributed by atoms with Crippen molar-refractivity contribution in [2.45, 2.75) is 12.5 Å². The zero-order valence-electron chi connectivity index (χ0n) is 7.91. The molecule has 3 nitrogen and oxygen atoms in total. The van der Waals surface area contributed by atoms with E-state index in [1.165, 1.54) is 0 Å². The predicted octanol–water partition coefficient (Wildman–Crippen LogP) is 1.71. The summed E-state index contributed by atoms with van der Waals surface area (Å²) in [5.74, 6) is 0.917. The van der Waals surface area contributed by atoms with E-state index in [1.54, 1.807) is 0 Å². The van der Waals surface area contributed by atoms with Crippen molar-refractivity contribution in [3.63, 3.8) is 0 Å². The molecule has 1 atom stereocenters. The zero-order valence-corrected chi connectivity index (χ0v) is 7.91. The number of rotatable bonds is 0. The molecule has 2 heterocycles. The summed E-state index contributed by atoms with van der Waals surface area (Å²) < 4.78 is 5.57. The molecule has 3 rings (SSSR count). The highest BCUT2D eigenvalue weighted by Crippen LogP contribution is 2.42. The molecule has 14 heavy (non-hydrogen) atoms. The number of para-hydroxylation sites is 1. The maximum Gasteiger partial charge on any atom is 0.178 e. The molecule has 0 fully saturated rings. The molecule has 2 aliphatic heterocycles. The van der Waals surface area contributed by atoms with Gasteiger partial charge in [-0.1, -0.05) is 18.2 Å². The number of hydrogen-bond donors (Lipinski definition) is 1. The van der Waals surface area contributed by atoms with Crippen LogP contribution in [-0.4, -0.2) is 6.61 Å². The van der Waals surface area contributed by atoms with E-state index in [4.69, 9.17) is 9.57 Å². The molecule has 0 amide bonds. The van der Waals surface area contributed by atoms with Crippen LogP contribution in [0.5, 0.6) is 5.75 Å². The van der Waals surface area contributed by atoms with Gasteiger partial charge in [0.25, 0.3) is 0 Å². The normalized spacial score (nSPS) is 28.2. The Labute approximate surface area is 82.3 Å². The Morgan fingerprint density at radius 2 is 2.21 bits per heavy atom. The molecule has 1 aromatic carbocycles. The third-order valence-corrected chi connectivity index (χ3v) is 2.63. The topological polar surface area (TPSA) is 30.5 Å². The first-order valence-electron chi connectivity index (χ1n) is 4.66. The van der Waals surface area contributed by atoms with E-state index < -0.39 is 5.60 Å². The second kappa shape index (κ2) is 2.51. The number of nitrogens with one attached hydrogen (secondary N) is 1. The quantitative estimate of drug-likeness (QED) is 0.674. The van der Waals surface area contributed by atoms with Gasteiger partial charge in [0.15, 0.2) is 5.60 Å². The molecule has 72 valence electrons. The van der Waals surface area contributed by atoms with Gasteiger partial charge >= 0.3 is 0 Å². The Kier molecular flexibility index (Phi) is 1.42. The van der Waals surface area contributed by atoms with Crippen LogP contribution in [0.2, 0.25) is 0 Å². The molecule has 0 aliphatic carbocycles. The number of fused-ring (bicyclic) bond motifs is 2. The molecule has 2 aliphatic rings. The lowest BCUT2D eigenvalue weighted by molar-refractivity contribution is -0.0529. The van der Waals surface area contributed by atoms with Gasteiger partial charge in [0.1, 0.15) is 12.4 Å². The van der Waals surface area contributed by atoms with Gasteiger partial charge in [-0.05, 0) is 19.1 Å². The van der Waals surface area contributed by atoms with E-state index in [9.17, 15) is 0 Å². The lowest BCUT2D eigenvalue weighted by atomic mass is 9.96. The Morgan fingerprint density at radius 3 is 3.00 bits per heavy atom. The summed E-state index contributed by atoms with van der Waals surface area (Å²) in [4.78, 5) is 5.57. The van der Waals surface area contributed by atoms with Gasteiger partial charge in [-0.3, -0.25) is 10.3 Å². The molecular formula is C11H11NO2. The van der Waals surface area contributed by atoms with E-state index in [0.717, 1.165) is 17.0 Å². The second-order valence-electron chi connectivity index (χ2n) is 3.71. The van der Waals surface area contributed by atoms with Crippen molar-refractivity contribution in [1.82, 2.24) is 5.48 Å². The van der Waals surface area contributed by atoms with Crippen LogP contribution in [0.15, 0.2) is 36.0 Å². The van der Waals surface area contributed by atoms with Gasteiger partial charge in [0.05, 0.1) is 0 Å². The van der Waals surface area contributed by atoms with Gasteiger partial charge < -0.3 is 4.74 Å². The molecule has 3 heteroatoms. The average Bonchev–Trinajstić information content (AvgIpc) is 2.75. The average molecular weight is 189 g/mol. The molecule has 0 unspecified atom stereocenters. The standard InChI is InChI=1S/C11H11NO2/c1-8-6-11(14-12-8)7-13-10-5-3-2-4-9(10)11/h2-6,12H,7H2,1H3/t11-/m0/s1. The third kappa shape index (κ3) is 0.902. The maximum absolute atomic E-state index is 5.57. The van der Waals surface area contributed by atoms with Gasteiger partial charge in [0, 0.05) is 11.3 Å². The smallest absolute Gasteiger partial charge is 0.178 e. The van der Waals surface area contributed by atoms with E-state index in [2.05, 4.69) is 11.6 Å². The van der Waals surface area contributed by atoms with Crippen molar-refractivity contribution in [3.8, 4) is 5.75 Å². The van der Waals surface area contributed by atoms with Gasteiger partial charge in [-0.2, -0.15) is 0 Å². The second-order valence-corrected chi connectivity index (χ2v) is 3.71. The van der Waals surface area contributed by atoms with Crippen LogP contribution in [0.4, 0.5) is 0 Å². The molecule has 0 saturated heterocycles. The lowest BCUT2D eigenvalue weighted by Gasteiger charge is -2.17. The molecule has 1 aromatic rings. The molecule has 1 spiro atoms. The summed E-state index contributed by atoms with van der Waals surface area (Å²) in [5.41, 5.74) is 4.61. The molecule has 0 radical (unpaired) electrons. The minimum Gasteiger partial charge on any atom is -0.489 e. The fourth-order valence-corrected chi connectivity index (χ4v) is 1.99. The van der Waals surface area contributed by atoms with Crippen LogP contribution in [0.25, 0.3) is 0 Å². The predicted molar refractivity (Wildman–Crippen MR) is 51.6 cm³/mol. The highest BCUT2D eigenvalue weighted by atomic mass is 16.7. The van der Waals surface area contributed by atoms with Crippen LogP contribution in [0.3, 0.4) is 0 Å². The summed E-state index contributed by atoms with van der Waals surface area (Å²) in [6, 6.07) is 7.98. The van der Waals surface area contributed by atoms with Gasteiger partial charge in [-0.25, -0.2) is 0 Å². The van der Waals surface area contributed by atoms with Crippen molar-refractivity contribution < 1.29 is 9.57 Å². The minimum absolute atomic E-state index is 0.402. The van der Waals surface area contributed by atoms with Gasteiger partial charge in [-0.15, -0.1) is 0 Å². The lowest BCUT2D eigenvalue weighted by Crippen LogP contribution is -2.28. The Bertz CT molecular complexity index is 414. The fraction of sp³-hybridized carbons (Fsp3) is 0.273. The fourth-order valence-electron chi connectivity index (χ4n) is 1.99. The van der Waals surface area contributed by atoms with Crippen molar-refractivity contribution in [1.29, 1.82) is 0 Å². The monoisotopic (exact) mass is 189 g/mol. The number of hydrogen-bond acceptors (Lipinski definition) is 3. The Hall–Kier alpha value is -1.48. The SMILES string of the molecule is CC1=C[C@@]2(COc3ccccc32)ON1. The molecule has 0 saturated carbocycles. The first kappa shape index (κ1) is 7.88. The van der Waals surface area contributed by atoms with E-state index >= 15 is 0 Å². The van der Waals surface area contributed by atoms with Crippen molar-refractivity contribution in [2.24, 2.45) is 0 Å². The number of allylic oxidation sites excluding steroid dienone is 1. The van der Waals surface area contributed by atoms with Crippen LogP contribution < -0.4 is 10.2 Å². The first-order chi connectivity index (χ1) is 6.80. The molecular weight excluding hydrogens is 178 g/mol. The number of ether oxygens (including phenoxy) is 1. The van der Waals surface area contributed by atoms with E-state index in [0.29, 0.717) is 6.61 Å². The van der Waals surface area contributed by atoms with Crippen molar-refractivity contribution in [3.05, 3.63) is 41.6 Å². The molecule has 0 bridgehead atoms. The van der Waals surface area contributed by atoms with Crippen molar-refractivity contribution in [2.75, 3.05) is 6.61 Å². The number of benzene rings is 1.